The molecule has 0 spiro atoms. The average Bonchev–Trinajstić information content (AvgIpc) is 3.08. The van der Waals surface area contributed by atoms with Gasteiger partial charge >= 0.3 is 0 Å². The maximum atomic E-state index is 9.78. The number of fused-ring (bicyclic) bond motifs is 1. The highest BCUT2D eigenvalue weighted by molar-refractivity contribution is 5.90. The first-order valence-corrected chi connectivity index (χ1v) is 9.41. The van der Waals surface area contributed by atoms with Gasteiger partial charge in [0.1, 0.15) is 12.1 Å². The van der Waals surface area contributed by atoms with Crippen LogP contribution in [-0.2, 0) is 0 Å². The minimum atomic E-state index is -0.150. The van der Waals surface area contributed by atoms with E-state index in [-0.39, 0.29) is 11.6 Å². The number of anilines is 1. The summed E-state index contributed by atoms with van der Waals surface area (Å²) in [5, 5.41) is 23.5. The molecular formula is C20H25N5O. The zero-order valence-electron chi connectivity index (χ0n) is 15.1. The van der Waals surface area contributed by atoms with Crippen LogP contribution in [0.2, 0.25) is 0 Å². The van der Waals surface area contributed by atoms with Gasteiger partial charge in [0, 0.05) is 30.1 Å². The van der Waals surface area contributed by atoms with Crippen LogP contribution in [-0.4, -0.2) is 50.7 Å². The maximum Gasteiger partial charge on any atom is 0.137 e. The average molecular weight is 351 g/mol. The molecule has 0 amide bonds. The van der Waals surface area contributed by atoms with Crippen LogP contribution in [0.25, 0.3) is 10.9 Å². The highest BCUT2D eigenvalue weighted by Crippen LogP contribution is 2.35. The highest BCUT2D eigenvalue weighted by Gasteiger charge is 2.36. The molecule has 26 heavy (non-hydrogen) atoms. The molecule has 1 saturated carbocycles. The number of nitrogens with zero attached hydrogens (tertiary/aromatic N) is 4. The molecular weight excluding hydrogens is 326 g/mol. The van der Waals surface area contributed by atoms with Crippen LogP contribution in [0.15, 0.2) is 24.5 Å². The maximum absolute atomic E-state index is 9.78. The van der Waals surface area contributed by atoms with Crippen LogP contribution in [0.3, 0.4) is 0 Å². The van der Waals surface area contributed by atoms with Gasteiger partial charge in [-0.3, -0.25) is 4.90 Å². The smallest absolute Gasteiger partial charge is 0.137 e. The summed E-state index contributed by atoms with van der Waals surface area (Å²) in [6.07, 6.45) is 6.72. The van der Waals surface area contributed by atoms with Gasteiger partial charge in [-0.25, -0.2) is 9.97 Å². The number of nitriles is 1. The normalized spacial score (nSPS) is 29.6. The van der Waals surface area contributed by atoms with Crippen molar-refractivity contribution < 1.29 is 5.11 Å². The Kier molecular flexibility index (Phi) is 4.51. The molecule has 1 aromatic heterocycles. The lowest BCUT2D eigenvalue weighted by molar-refractivity contribution is 0.130. The van der Waals surface area contributed by atoms with Gasteiger partial charge in [0.15, 0.2) is 0 Å². The Morgan fingerprint density at radius 1 is 1.27 bits per heavy atom. The molecule has 136 valence electrons. The summed E-state index contributed by atoms with van der Waals surface area (Å²) in [5.41, 5.74) is 1.46. The molecule has 2 N–H and O–H groups in total. The van der Waals surface area contributed by atoms with Gasteiger partial charge in [-0.15, -0.1) is 0 Å². The van der Waals surface area contributed by atoms with Crippen LogP contribution >= 0.6 is 0 Å². The van der Waals surface area contributed by atoms with Crippen LogP contribution in [0.5, 0.6) is 0 Å². The van der Waals surface area contributed by atoms with E-state index >= 15 is 0 Å². The van der Waals surface area contributed by atoms with E-state index in [1.807, 2.05) is 12.1 Å². The molecule has 1 aliphatic carbocycles. The summed E-state index contributed by atoms with van der Waals surface area (Å²) in [5.74, 6) is 0.810. The molecule has 0 radical (unpaired) electrons. The lowest BCUT2D eigenvalue weighted by Gasteiger charge is -2.41. The number of benzene rings is 1. The summed E-state index contributed by atoms with van der Waals surface area (Å²) in [6.45, 7) is 4.09. The summed E-state index contributed by atoms with van der Waals surface area (Å²) in [7, 11) is 0. The van der Waals surface area contributed by atoms with Crippen molar-refractivity contribution in [2.45, 2.75) is 56.7 Å². The molecule has 1 aliphatic heterocycles. The van der Waals surface area contributed by atoms with Crippen LogP contribution in [0, 0.1) is 11.3 Å². The monoisotopic (exact) mass is 351 g/mol. The van der Waals surface area contributed by atoms with E-state index in [1.54, 1.807) is 12.4 Å². The Bertz CT molecular complexity index is 838. The molecule has 1 unspecified atom stereocenters. The third-order valence-electron chi connectivity index (χ3n) is 5.95. The Hall–Kier alpha value is -2.23. The number of aliphatic hydroxyl groups is 1. The number of aliphatic hydroxyl groups excluding tert-OH is 1. The van der Waals surface area contributed by atoms with Crippen molar-refractivity contribution >= 4 is 16.7 Å². The minimum absolute atomic E-state index is 0.0151. The van der Waals surface area contributed by atoms with Gasteiger partial charge in [0.25, 0.3) is 0 Å². The largest absolute Gasteiger partial charge is 0.392 e. The number of aromatic nitrogens is 2. The summed E-state index contributed by atoms with van der Waals surface area (Å²) >= 11 is 0. The fourth-order valence-corrected chi connectivity index (χ4v) is 4.34. The predicted molar refractivity (Wildman–Crippen MR) is 101 cm³/mol. The molecule has 1 atom stereocenters. The number of likely N-dealkylation sites (tertiary alicyclic amines) is 1. The van der Waals surface area contributed by atoms with Gasteiger partial charge in [-0.1, -0.05) is 0 Å². The van der Waals surface area contributed by atoms with E-state index in [1.165, 1.54) is 0 Å². The summed E-state index contributed by atoms with van der Waals surface area (Å²) in [4.78, 5) is 11.2. The predicted octanol–water partition coefficient (Wildman–Crippen LogP) is 2.68. The molecule has 2 aromatic rings. The molecule has 2 fully saturated rings. The number of hydrogen-bond donors (Lipinski definition) is 2. The van der Waals surface area contributed by atoms with E-state index in [2.05, 4.69) is 33.2 Å². The number of β-amino-alcohol motifs (C(OH)–C–C–N with tert-alkyl or cyclic N) is 1. The van der Waals surface area contributed by atoms with Crippen molar-refractivity contribution in [1.29, 1.82) is 5.26 Å². The molecule has 6 heteroatoms. The van der Waals surface area contributed by atoms with Crippen LogP contribution in [0.1, 0.15) is 44.6 Å². The third-order valence-corrected chi connectivity index (χ3v) is 5.95. The Balaban J connectivity index is 1.49. The van der Waals surface area contributed by atoms with Crippen molar-refractivity contribution in [1.82, 2.24) is 14.9 Å². The van der Waals surface area contributed by atoms with Crippen molar-refractivity contribution in [3.05, 3.63) is 30.1 Å². The van der Waals surface area contributed by atoms with E-state index < -0.39 is 0 Å². The molecule has 1 aromatic carbocycles. The highest BCUT2D eigenvalue weighted by atomic mass is 16.3. The van der Waals surface area contributed by atoms with Crippen molar-refractivity contribution in [2.75, 3.05) is 18.4 Å². The fraction of sp³-hybridized carbons (Fsp3) is 0.550. The first kappa shape index (κ1) is 17.2. The van der Waals surface area contributed by atoms with Gasteiger partial charge < -0.3 is 10.4 Å². The quantitative estimate of drug-likeness (QED) is 0.884. The topological polar surface area (TPSA) is 85.1 Å². The van der Waals surface area contributed by atoms with Crippen molar-refractivity contribution in [3.63, 3.8) is 0 Å². The van der Waals surface area contributed by atoms with E-state index in [0.29, 0.717) is 11.6 Å². The summed E-state index contributed by atoms with van der Waals surface area (Å²) in [6, 6.07) is 8.29. The Morgan fingerprint density at radius 3 is 2.77 bits per heavy atom. The van der Waals surface area contributed by atoms with Gasteiger partial charge in [-0.2, -0.15) is 5.26 Å². The number of rotatable bonds is 3. The second-order valence-corrected chi connectivity index (χ2v) is 7.92. The minimum Gasteiger partial charge on any atom is -0.392 e. The molecule has 6 nitrogen and oxygen atoms in total. The van der Waals surface area contributed by atoms with Crippen molar-refractivity contribution in [3.8, 4) is 6.07 Å². The van der Waals surface area contributed by atoms with E-state index in [9.17, 15) is 10.4 Å². The Morgan fingerprint density at radius 2 is 2.08 bits per heavy atom. The molecule has 2 heterocycles. The van der Waals surface area contributed by atoms with Crippen molar-refractivity contribution in [2.24, 2.45) is 0 Å². The summed E-state index contributed by atoms with van der Waals surface area (Å²) < 4.78 is 0. The standard InChI is InChI=1S/C20H25N5O/c1-20(7-4-15(5-8-20)25-9-6-16(26)12-25)24-19-17-10-14(11-21)2-3-18(17)22-13-23-19/h2-3,10,13,15-16,26H,4-9,12H2,1H3,(H,22,23,24). The second-order valence-electron chi connectivity index (χ2n) is 7.92. The molecule has 1 saturated heterocycles. The molecule has 0 bridgehead atoms. The Labute approximate surface area is 153 Å². The SMILES string of the molecule is CC1(Nc2ncnc3ccc(C#N)cc23)CCC(N2CCC(O)C2)CC1. The van der Waals surface area contributed by atoms with E-state index in [0.717, 1.165) is 61.9 Å². The lowest BCUT2D eigenvalue weighted by atomic mass is 9.80. The zero-order chi connectivity index (χ0) is 18.1. The molecule has 2 aliphatic rings. The third kappa shape index (κ3) is 3.37. The first-order chi connectivity index (χ1) is 12.6. The lowest BCUT2D eigenvalue weighted by Crippen LogP contribution is -2.45. The zero-order valence-corrected chi connectivity index (χ0v) is 15.1. The molecule has 4 rings (SSSR count). The second kappa shape index (κ2) is 6.82. The van der Waals surface area contributed by atoms with Crippen LogP contribution < -0.4 is 5.32 Å². The fourth-order valence-electron chi connectivity index (χ4n) is 4.34. The van der Waals surface area contributed by atoms with Gasteiger partial charge in [0.05, 0.1) is 23.3 Å². The van der Waals surface area contributed by atoms with E-state index in [4.69, 9.17) is 0 Å². The number of nitrogens with one attached hydrogen (secondary N) is 1. The van der Waals surface area contributed by atoms with Gasteiger partial charge in [-0.05, 0) is 57.2 Å². The van der Waals surface area contributed by atoms with Gasteiger partial charge in [0.2, 0.25) is 0 Å². The van der Waals surface area contributed by atoms with Crippen LogP contribution in [0.4, 0.5) is 5.82 Å². The first-order valence-electron chi connectivity index (χ1n) is 9.41. The number of hydrogen-bond acceptors (Lipinski definition) is 6.